The van der Waals surface area contributed by atoms with Crippen molar-refractivity contribution in [2.75, 3.05) is 11.9 Å². The van der Waals surface area contributed by atoms with Gasteiger partial charge in [-0.05, 0) is 32.0 Å². The van der Waals surface area contributed by atoms with Gasteiger partial charge in [0.15, 0.2) is 5.75 Å². The van der Waals surface area contributed by atoms with Gasteiger partial charge in [0.25, 0.3) is 0 Å². The lowest BCUT2D eigenvalue weighted by molar-refractivity contribution is -0.385. The number of nitrogens with one attached hydrogen (secondary N) is 2. The molecule has 0 bridgehead atoms. The Kier molecular flexibility index (Phi) is 6.20. The third kappa shape index (κ3) is 5.34. The first-order valence-corrected chi connectivity index (χ1v) is 9.64. The smallest absolute Gasteiger partial charge is 0.405 e. The SMILES string of the molecule is CC(C)(COc1cc2ncnc(Nc3ccc(Br)cc3F)c2cc1[N+](=O)[O-])NC(=O)O. The molecule has 3 aromatic rings. The second kappa shape index (κ2) is 8.68. The van der Waals surface area contributed by atoms with E-state index in [1.54, 1.807) is 19.9 Å². The van der Waals surface area contributed by atoms with Crippen LogP contribution in [0.15, 0.2) is 41.1 Å². The predicted octanol–water partition coefficient (Wildman–Crippen LogP) is 4.61. The summed E-state index contributed by atoms with van der Waals surface area (Å²) >= 11 is 3.18. The molecular weight excluding hydrogens is 477 g/mol. The Balaban J connectivity index is 1.99. The summed E-state index contributed by atoms with van der Waals surface area (Å²) in [7, 11) is 0. The van der Waals surface area contributed by atoms with Crippen LogP contribution in [0, 0.1) is 15.9 Å². The van der Waals surface area contributed by atoms with E-state index >= 15 is 0 Å². The molecule has 0 unspecified atom stereocenters. The number of carbonyl (C=O) groups is 1. The van der Waals surface area contributed by atoms with E-state index in [0.29, 0.717) is 9.99 Å². The van der Waals surface area contributed by atoms with Crippen molar-refractivity contribution in [2.45, 2.75) is 19.4 Å². The Morgan fingerprint density at radius 3 is 2.71 bits per heavy atom. The van der Waals surface area contributed by atoms with Gasteiger partial charge in [-0.15, -0.1) is 0 Å². The Morgan fingerprint density at radius 2 is 2.06 bits per heavy atom. The third-order valence-electron chi connectivity index (χ3n) is 4.13. The quantitative estimate of drug-likeness (QED) is 0.320. The molecule has 0 spiro atoms. The van der Waals surface area contributed by atoms with Crippen LogP contribution in [0.2, 0.25) is 0 Å². The maximum absolute atomic E-state index is 14.2. The zero-order valence-corrected chi connectivity index (χ0v) is 17.9. The topological polar surface area (TPSA) is 140 Å². The maximum atomic E-state index is 14.2. The van der Waals surface area contributed by atoms with Crippen LogP contribution in [-0.4, -0.2) is 38.2 Å². The van der Waals surface area contributed by atoms with Crippen LogP contribution in [0.5, 0.6) is 5.75 Å². The highest BCUT2D eigenvalue weighted by Gasteiger charge is 2.25. The van der Waals surface area contributed by atoms with E-state index in [0.717, 1.165) is 0 Å². The average molecular weight is 494 g/mol. The summed E-state index contributed by atoms with van der Waals surface area (Å²) in [5.41, 5.74) is -0.911. The number of hydrogen-bond acceptors (Lipinski definition) is 7. The predicted molar refractivity (Wildman–Crippen MR) is 114 cm³/mol. The number of nitrogens with zero attached hydrogens (tertiary/aromatic N) is 3. The highest BCUT2D eigenvalue weighted by Crippen LogP contribution is 2.35. The average Bonchev–Trinajstić information content (AvgIpc) is 2.67. The van der Waals surface area contributed by atoms with Gasteiger partial charge in [-0.3, -0.25) is 10.1 Å². The molecule has 0 aliphatic heterocycles. The van der Waals surface area contributed by atoms with Crippen molar-refractivity contribution in [3.8, 4) is 5.75 Å². The lowest BCUT2D eigenvalue weighted by Gasteiger charge is -2.24. The third-order valence-corrected chi connectivity index (χ3v) is 4.62. The Hall–Kier alpha value is -3.54. The number of hydrogen-bond donors (Lipinski definition) is 3. The van der Waals surface area contributed by atoms with Gasteiger partial charge in [0.05, 0.1) is 27.1 Å². The highest BCUT2D eigenvalue weighted by atomic mass is 79.9. The molecule has 3 rings (SSSR count). The minimum absolute atomic E-state index is 0.0859. The normalized spacial score (nSPS) is 11.2. The molecule has 0 aliphatic rings. The molecule has 2 aromatic carbocycles. The highest BCUT2D eigenvalue weighted by molar-refractivity contribution is 9.10. The second-order valence-corrected chi connectivity index (χ2v) is 8.08. The van der Waals surface area contributed by atoms with Gasteiger partial charge in [0, 0.05) is 16.6 Å². The number of anilines is 2. The van der Waals surface area contributed by atoms with Gasteiger partial charge in [0.1, 0.15) is 24.6 Å². The van der Waals surface area contributed by atoms with Crippen molar-refractivity contribution in [2.24, 2.45) is 0 Å². The number of fused-ring (bicyclic) bond motifs is 1. The van der Waals surface area contributed by atoms with Gasteiger partial charge in [0.2, 0.25) is 0 Å². The first kappa shape index (κ1) is 22.2. The molecule has 10 nitrogen and oxygen atoms in total. The molecule has 162 valence electrons. The number of carboxylic acid groups (broad SMARTS) is 1. The molecule has 0 saturated carbocycles. The lowest BCUT2D eigenvalue weighted by atomic mass is 10.1. The molecule has 0 radical (unpaired) electrons. The number of ether oxygens (including phenoxy) is 1. The zero-order valence-electron chi connectivity index (χ0n) is 16.3. The first-order valence-electron chi connectivity index (χ1n) is 8.85. The fraction of sp³-hybridized carbons (Fsp3) is 0.211. The molecule has 1 amide bonds. The second-order valence-electron chi connectivity index (χ2n) is 7.17. The van der Waals surface area contributed by atoms with Crippen molar-refractivity contribution in [1.29, 1.82) is 0 Å². The van der Waals surface area contributed by atoms with Crippen molar-refractivity contribution < 1.29 is 24.0 Å². The van der Waals surface area contributed by atoms with E-state index in [1.807, 2.05) is 0 Å². The van der Waals surface area contributed by atoms with E-state index in [2.05, 4.69) is 36.5 Å². The first-order chi connectivity index (χ1) is 14.6. The monoisotopic (exact) mass is 493 g/mol. The molecule has 31 heavy (non-hydrogen) atoms. The van der Waals surface area contributed by atoms with Gasteiger partial charge in [-0.2, -0.15) is 0 Å². The van der Waals surface area contributed by atoms with E-state index in [1.165, 1.54) is 30.6 Å². The maximum Gasteiger partial charge on any atom is 0.405 e. The number of nitro benzene ring substituents is 1. The Bertz CT molecular complexity index is 1170. The summed E-state index contributed by atoms with van der Waals surface area (Å²) in [5, 5.41) is 25.9. The number of amides is 1. The largest absolute Gasteiger partial charge is 0.484 e. The van der Waals surface area contributed by atoms with Crippen LogP contribution in [0.25, 0.3) is 10.9 Å². The summed E-state index contributed by atoms with van der Waals surface area (Å²) in [5.74, 6) is -0.449. The van der Waals surface area contributed by atoms with Crippen molar-refractivity contribution in [3.05, 3.63) is 57.1 Å². The van der Waals surface area contributed by atoms with Gasteiger partial charge in [-0.25, -0.2) is 19.2 Å². The fourth-order valence-corrected chi connectivity index (χ4v) is 3.07. The molecule has 0 aliphatic carbocycles. The van der Waals surface area contributed by atoms with E-state index in [-0.39, 0.29) is 34.9 Å². The Morgan fingerprint density at radius 1 is 1.32 bits per heavy atom. The number of aromatic nitrogens is 2. The molecule has 3 N–H and O–H groups in total. The van der Waals surface area contributed by atoms with Crippen LogP contribution in [0.3, 0.4) is 0 Å². The summed E-state index contributed by atoms with van der Waals surface area (Å²) in [4.78, 5) is 30.0. The molecule has 0 fully saturated rings. The van der Waals surface area contributed by atoms with Crippen molar-refractivity contribution in [1.82, 2.24) is 15.3 Å². The number of rotatable bonds is 7. The minimum atomic E-state index is -1.25. The summed E-state index contributed by atoms with van der Waals surface area (Å²) in [6.07, 6.45) is -0.0160. The number of benzene rings is 2. The van der Waals surface area contributed by atoms with E-state index in [4.69, 9.17) is 9.84 Å². The van der Waals surface area contributed by atoms with Gasteiger partial charge in [-0.1, -0.05) is 15.9 Å². The van der Waals surface area contributed by atoms with Gasteiger partial charge < -0.3 is 20.5 Å². The number of halogens is 2. The molecule has 0 saturated heterocycles. The molecule has 1 heterocycles. The van der Waals surface area contributed by atoms with E-state index in [9.17, 15) is 19.3 Å². The standard InChI is InChI=1S/C19H17BrFN5O5/c1-19(2,25-18(27)28)8-31-16-7-14-11(6-15(16)26(29)30)17(23-9-22-14)24-13-4-3-10(20)5-12(13)21/h3-7,9,25H,8H2,1-2H3,(H,27,28)(H,22,23,24). The lowest BCUT2D eigenvalue weighted by Crippen LogP contribution is -2.47. The summed E-state index contributed by atoms with van der Waals surface area (Å²) < 4.78 is 20.3. The van der Waals surface area contributed by atoms with Crippen LogP contribution in [0.1, 0.15) is 13.8 Å². The summed E-state index contributed by atoms with van der Waals surface area (Å²) in [6, 6.07) is 6.98. The molecule has 0 atom stereocenters. The fourth-order valence-electron chi connectivity index (χ4n) is 2.73. The van der Waals surface area contributed by atoms with Crippen LogP contribution >= 0.6 is 15.9 Å². The minimum Gasteiger partial charge on any atom is -0.484 e. The van der Waals surface area contributed by atoms with Gasteiger partial charge >= 0.3 is 11.8 Å². The molecular formula is C19H17BrFN5O5. The Labute approximate surface area is 183 Å². The van der Waals surface area contributed by atoms with Crippen LogP contribution < -0.4 is 15.4 Å². The van der Waals surface area contributed by atoms with Crippen LogP contribution in [0.4, 0.5) is 26.4 Å². The number of nitro groups is 1. The summed E-state index contributed by atoms with van der Waals surface area (Å²) in [6.45, 7) is 2.99. The van der Waals surface area contributed by atoms with Crippen molar-refractivity contribution >= 4 is 50.1 Å². The van der Waals surface area contributed by atoms with E-state index < -0.39 is 22.4 Å². The van der Waals surface area contributed by atoms with Crippen molar-refractivity contribution in [3.63, 3.8) is 0 Å². The zero-order chi connectivity index (χ0) is 22.8. The van der Waals surface area contributed by atoms with Crippen LogP contribution in [-0.2, 0) is 0 Å². The molecule has 12 heteroatoms. The molecule has 1 aromatic heterocycles.